The minimum atomic E-state index is -0.405. The maximum absolute atomic E-state index is 12.7. The van der Waals surface area contributed by atoms with Crippen LogP contribution in [-0.2, 0) is 0 Å². The molecule has 1 fully saturated rings. The molecule has 6 nitrogen and oxygen atoms in total. The number of carbonyl (C=O) groups is 1. The number of aromatic nitrogens is 2. The van der Waals surface area contributed by atoms with Crippen molar-refractivity contribution in [2.45, 2.75) is 25.8 Å². The van der Waals surface area contributed by atoms with Crippen molar-refractivity contribution in [2.75, 3.05) is 13.2 Å². The van der Waals surface area contributed by atoms with Crippen molar-refractivity contribution in [1.82, 2.24) is 15.1 Å². The molecule has 0 radical (unpaired) electrons. The summed E-state index contributed by atoms with van der Waals surface area (Å²) in [5.74, 6) is -0.195. The Morgan fingerprint density at radius 3 is 3.00 bits per heavy atom. The Morgan fingerprint density at radius 1 is 1.45 bits per heavy atom. The van der Waals surface area contributed by atoms with Crippen LogP contribution in [-0.4, -0.2) is 45.3 Å². The standard InChI is InChI=1S/C16H19N3O3/c1-10-5-4-8-19(13(10)9-20)16(22)14-15(21)11-6-2-3-7-12(11)17-18-14/h2-3,6-7,10,13,20H,4-5,8-9H2,1H3,(H,17,21). The molecule has 6 heteroatoms. The summed E-state index contributed by atoms with van der Waals surface area (Å²) in [6, 6.07) is 6.72. The van der Waals surface area contributed by atoms with E-state index in [1.54, 1.807) is 29.2 Å². The van der Waals surface area contributed by atoms with E-state index >= 15 is 0 Å². The summed E-state index contributed by atoms with van der Waals surface area (Å²) >= 11 is 0. The first-order valence-corrected chi connectivity index (χ1v) is 7.52. The van der Waals surface area contributed by atoms with Crippen LogP contribution in [0.15, 0.2) is 29.1 Å². The fourth-order valence-electron chi connectivity index (χ4n) is 3.13. The highest BCUT2D eigenvalue weighted by Gasteiger charge is 2.33. The second-order valence-electron chi connectivity index (χ2n) is 5.81. The normalized spacial score (nSPS) is 22.0. The number of aromatic amines is 1. The number of H-pyrrole nitrogens is 1. The monoisotopic (exact) mass is 301 g/mol. The van der Waals surface area contributed by atoms with Crippen LogP contribution in [0.25, 0.3) is 10.9 Å². The highest BCUT2D eigenvalue weighted by atomic mass is 16.3. The fraction of sp³-hybridized carbons (Fsp3) is 0.438. The Hall–Kier alpha value is -2.21. The zero-order valence-electron chi connectivity index (χ0n) is 12.5. The van der Waals surface area contributed by atoms with E-state index in [9.17, 15) is 14.7 Å². The van der Waals surface area contributed by atoms with Gasteiger partial charge in [0.15, 0.2) is 5.69 Å². The second kappa shape index (κ2) is 5.88. The molecule has 2 atom stereocenters. The molecule has 1 saturated heterocycles. The Labute approximate surface area is 127 Å². The van der Waals surface area contributed by atoms with E-state index < -0.39 is 5.91 Å². The minimum absolute atomic E-state index is 0.0988. The van der Waals surface area contributed by atoms with Crippen molar-refractivity contribution in [3.8, 4) is 0 Å². The number of carbonyl (C=O) groups excluding carboxylic acids is 1. The van der Waals surface area contributed by atoms with Crippen LogP contribution in [0.3, 0.4) is 0 Å². The maximum Gasteiger partial charge on any atom is 0.278 e. The molecular formula is C16H19N3O3. The number of piperidine rings is 1. The van der Waals surface area contributed by atoms with E-state index in [2.05, 4.69) is 10.2 Å². The highest BCUT2D eigenvalue weighted by Crippen LogP contribution is 2.24. The molecule has 0 saturated carbocycles. The number of aliphatic hydroxyl groups is 1. The van der Waals surface area contributed by atoms with Gasteiger partial charge >= 0.3 is 0 Å². The zero-order valence-corrected chi connectivity index (χ0v) is 12.5. The smallest absolute Gasteiger partial charge is 0.278 e. The fourth-order valence-corrected chi connectivity index (χ4v) is 3.13. The highest BCUT2D eigenvalue weighted by molar-refractivity contribution is 5.95. The lowest BCUT2D eigenvalue weighted by Gasteiger charge is -2.38. The number of hydrogen-bond acceptors (Lipinski definition) is 4. The molecule has 2 unspecified atom stereocenters. The van der Waals surface area contributed by atoms with Gasteiger partial charge < -0.3 is 10.0 Å². The van der Waals surface area contributed by atoms with Gasteiger partial charge in [0.1, 0.15) is 0 Å². The summed E-state index contributed by atoms with van der Waals surface area (Å²) in [6.45, 7) is 2.46. The first-order valence-electron chi connectivity index (χ1n) is 7.52. The number of benzene rings is 1. The van der Waals surface area contributed by atoms with Crippen molar-refractivity contribution in [1.29, 1.82) is 0 Å². The molecular weight excluding hydrogens is 282 g/mol. The van der Waals surface area contributed by atoms with Crippen molar-refractivity contribution >= 4 is 16.8 Å². The van der Waals surface area contributed by atoms with Crippen molar-refractivity contribution in [3.63, 3.8) is 0 Å². The third-order valence-corrected chi connectivity index (χ3v) is 4.44. The van der Waals surface area contributed by atoms with E-state index in [1.807, 2.05) is 6.92 Å². The summed E-state index contributed by atoms with van der Waals surface area (Å²) in [5.41, 5.74) is 0.135. The number of likely N-dealkylation sites (tertiary alicyclic amines) is 1. The molecule has 1 aliphatic heterocycles. The van der Waals surface area contributed by atoms with Gasteiger partial charge in [0.2, 0.25) is 5.43 Å². The van der Waals surface area contributed by atoms with Gasteiger partial charge in [-0.05, 0) is 30.9 Å². The number of amides is 1. The molecule has 22 heavy (non-hydrogen) atoms. The van der Waals surface area contributed by atoms with E-state index in [1.165, 1.54) is 0 Å². The van der Waals surface area contributed by atoms with Crippen LogP contribution in [0.1, 0.15) is 30.3 Å². The average Bonchev–Trinajstić information content (AvgIpc) is 2.54. The van der Waals surface area contributed by atoms with E-state index in [-0.39, 0.29) is 29.7 Å². The number of nitrogens with zero attached hydrogens (tertiary/aromatic N) is 2. The summed E-state index contributed by atoms with van der Waals surface area (Å²) < 4.78 is 0. The predicted molar refractivity (Wildman–Crippen MR) is 82.7 cm³/mol. The molecule has 3 rings (SSSR count). The zero-order chi connectivity index (χ0) is 15.7. The predicted octanol–water partition coefficient (Wildman–Crippen LogP) is 1.16. The molecule has 1 aromatic heterocycles. The summed E-state index contributed by atoms with van der Waals surface area (Å²) in [7, 11) is 0. The first kappa shape index (κ1) is 14.7. The largest absolute Gasteiger partial charge is 0.394 e. The molecule has 1 aliphatic rings. The quantitative estimate of drug-likeness (QED) is 0.871. The molecule has 116 valence electrons. The van der Waals surface area contributed by atoms with Gasteiger partial charge in [-0.25, -0.2) is 0 Å². The van der Waals surface area contributed by atoms with Crippen LogP contribution in [0.4, 0.5) is 0 Å². The summed E-state index contributed by atoms with van der Waals surface area (Å²) in [5, 5.41) is 16.7. The number of hydrogen-bond donors (Lipinski definition) is 2. The van der Waals surface area contributed by atoms with Crippen molar-refractivity contribution < 1.29 is 9.90 Å². The van der Waals surface area contributed by atoms with Gasteiger partial charge in [-0.2, -0.15) is 5.10 Å². The van der Waals surface area contributed by atoms with Crippen LogP contribution >= 0.6 is 0 Å². The lowest BCUT2D eigenvalue weighted by atomic mass is 9.91. The van der Waals surface area contributed by atoms with Crippen LogP contribution in [0.5, 0.6) is 0 Å². The number of rotatable bonds is 2. The van der Waals surface area contributed by atoms with Crippen molar-refractivity contribution in [2.24, 2.45) is 5.92 Å². The molecule has 0 aliphatic carbocycles. The molecule has 0 spiro atoms. The molecule has 1 aromatic carbocycles. The summed E-state index contributed by atoms with van der Waals surface area (Å²) in [4.78, 5) is 26.8. The lowest BCUT2D eigenvalue weighted by molar-refractivity contribution is 0.0351. The Bertz CT molecular complexity index is 756. The average molecular weight is 301 g/mol. The summed E-state index contributed by atoms with van der Waals surface area (Å²) in [6.07, 6.45) is 1.84. The van der Waals surface area contributed by atoms with Gasteiger partial charge in [0, 0.05) is 11.9 Å². The van der Waals surface area contributed by atoms with E-state index in [0.29, 0.717) is 17.4 Å². The Morgan fingerprint density at radius 2 is 2.23 bits per heavy atom. The lowest BCUT2D eigenvalue weighted by Crippen LogP contribution is -2.50. The van der Waals surface area contributed by atoms with E-state index in [4.69, 9.17) is 0 Å². The third-order valence-electron chi connectivity index (χ3n) is 4.44. The van der Waals surface area contributed by atoms with Crippen molar-refractivity contribution in [3.05, 3.63) is 40.2 Å². The van der Waals surface area contributed by atoms with Gasteiger partial charge in [0.05, 0.1) is 18.2 Å². The molecule has 2 N–H and O–H groups in total. The molecule has 2 heterocycles. The van der Waals surface area contributed by atoms with Gasteiger partial charge in [0.25, 0.3) is 5.91 Å². The first-order chi connectivity index (χ1) is 10.6. The number of para-hydroxylation sites is 1. The SMILES string of the molecule is CC1CCCN(C(=O)c2n[nH]c3ccccc3c2=O)C1CO. The maximum atomic E-state index is 12.7. The van der Waals surface area contributed by atoms with Gasteiger partial charge in [-0.15, -0.1) is 0 Å². The Kier molecular flexibility index (Phi) is 3.94. The molecule has 2 aromatic rings. The molecule has 1 amide bonds. The second-order valence-corrected chi connectivity index (χ2v) is 5.81. The Balaban J connectivity index is 2.01. The third kappa shape index (κ3) is 2.39. The topological polar surface area (TPSA) is 86.3 Å². The number of nitrogens with one attached hydrogen (secondary N) is 1. The van der Waals surface area contributed by atoms with Crippen LogP contribution in [0, 0.1) is 5.92 Å². The van der Waals surface area contributed by atoms with E-state index in [0.717, 1.165) is 12.8 Å². The van der Waals surface area contributed by atoms with Crippen LogP contribution in [0.2, 0.25) is 0 Å². The van der Waals surface area contributed by atoms with Gasteiger partial charge in [-0.1, -0.05) is 19.1 Å². The number of aliphatic hydroxyl groups excluding tert-OH is 1. The van der Waals surface area contributed by atoms with Crippen LogP contribution < -0.4 is 5.43 Å². The number of fused-ring (bicyclic) bond motifs is 1. The minimum Gasteiger partial charge on any atom is -0.394 e. The van der Waals surface area contributed by atoms with Gasteiger partial charge in [-0.3, -0.25) is 14.7 Å². The molecule has 0 bridgehead atoms.